The van der Waals surface area contributed by atoms with Crippen LogP contribution in [0.5, 0.6) is 0 Å². The third-order valence-electron chi connectivity index (χ3n) is 2.40. The molecule has 1 aromatic rings. The summed E-state index contributed by atoms with van der Waals surface area (Å²) in [5.41, 5.74) is 0. The van der Waals surface area contributed by atoms with E-state index >= 15 is 0 Å². The molecule has 1 saturated heterocycles. The predicted octanol–water partition coefficient (Wildman–Crippen LogP) is 1.33. The van der Waals surface area contributed by atoms with E-state index in [1.54, 1.807) is 11.3 Å². The Hall–Kier alpha value is -0.610. The van der Waals surface area contributed by atoms with Crippen LogP contribution in [0.15, 0.2) is 11.6 Å². The van der Waals surface area contributed by atoms with E-state index in [0.717, 1.165) is 11.7 Å². The molecule has 0 aliphatic carbocycles. The van der Waals surface area contributed by atoms with E-state index in [0.29, 0.717) is 6.04 Å². The quantitative estimate of drug-likeness (QED) is 0.792. The van der Waals surface area contributed by atoms with Gasteiger partial charge in [-0.2, -0.15) is 0 Å². The Morgan fingerprint density at radius 2 is 2.69 bits per heavy atom. The summed E-state index contributed by atoms with van der Waals surface area (Å²) < 4.78 is 0. The fourth-order valence-electron chi connectivity index (χ4n) is 1.73. The lowest BCUT2D eigenvalue weighted by atomic mass is 10.2. The molecule has 2 heterocycles. The van der Waals surface area contributed by atoms with Gasteiger partial charge in [0.15, 0.2) is 5.13 Å². The van der Waals surface area contributed by atoms with Crippen molar-refractivity contribution in [2.75, 3.05) is 25.0 Å². The number of hydrogen-bond donors (Lipinski definition) is 1. The second-order valence-corrected chi connectivity index (χ2v) is 4.36. The molecule has 13 heavy (non-hydrogen) atoms. The van der Waals surface area contributed by atoms with Gasteiger partial charge in [0.2, 0.25) is 0 Å². The number of thiazole rings is 1. The third-order valence-corrected chi connectivity index (χ3v) is 3.29. The topological polar surface area (TPSA) is 28.2 Å². The molecule has 4 heteroatoms. The van der Waals surface area contributed by atoms with Crippen LogP contribution in [0, 0.1) is 0 Å². The van der Waals surface area contributed by atoms with Gasteiger partial charge in [-0.15, -0.1) is 11.3 Å². The van der Waals surface area contributed by atoms with E-state index < -0.39 is 0 Å². The lowest BCUT2D eigenvalue weighted by Crippen LogP contribution is -2.35. The summed E-state index contributed by atoms with van der Waals surface area (Å²) in [6, 6.07) is 0.661. The predicted molar refractivity (Wildman–Crippen MR) is 56.4 cm³/mol. The zero-order valence-corrected chi connectivity index (χ0v) is 8.68. The first kappa shape index (κ1) is 8.97. The Labute approximate surface area is 82.8 Å². The van der Waals surface area contributed by atoms with E-state index in [4.69, 9.17) is 0 Å². The SMILES string of the molecule is CN(C[C@H]1CCCN1)c1nccs1. The molecule has 3 nitrogen and oxygen atoms in total. The maximum Gasteiger partial charge on any atom is 0.185 e. The van der Waals surface area contributed by atoms with Gasteiger partial charge >= 0.3 is 0 Å². The molecule has 1 fully saturated rings. The standard InChI is InChI=1S/C9H15N3S/c1-12(9-11-5-6-13-9)7-8-3-2-4-10-8/h5-6,8,10H,2-4,7H2,1H3/t8-/m1/s1. The molecular weight excluding hydrogens is 182 g/mol. The number of anilines is 1. The van der Waals surface area contributed by atoms with Crippen LogP contribution in [0.25, 0.3) is 0 Å². The first-order valence-corrected chi connectivity index (χ1v) is 5.58. The largest absolute Gasteiger partial charge is 0.350 e. The molecule has 1 aliphatic rings. The van der Waals surface area contributed by atoms with Gasteiger partial charge in [-0.1, -0.05) is 0 Å². The molecule has 0 bridgehead atoms. The summed E-state index contributed by atoms with van der Waals surface area (Å²) >= 11 is 1.70. The Kier molecular flexibility index (Phi) is 2.80. The number of aromatic nitrogens is 1. The van der Waals surface area contributed by atoms with Crippen molar-refractivity contribution in [3.8, 4) is 0 Å². The minimum atomic E-state index is 0.661. The van der Waals surface area contributed by atoms with Crippen molar-refractivity contribution < 1.29 is 0 Å². The van der Waals surface area contributed by atoms with Crippen molar-refractivity contribution in [2.24, 2.45) is 0 Å². The van der Waals surface area contributed by atoms with Crippen LogP contribution in [0.3, 0.4) is 0 Å². The second kappa shape index (κ2) is 4.07. The van der Waals surface area contributed by atoms with Gasteiger partial charge in [0.05, 0.1) is 0 Å². The number of rotatable bonds is 3. The molecule has 0 spiro atoms. The Morgan fingerprint density at radius 1 is 1.77 bits per heavy atom. The van der Waals surface area contributed by atoms with Crippen LogP contribution in [0.4, 0.5) is 5.13 Å². The summed E-state index contributed by atoms with van der Waals surface area (Å²) in [5, 5.41) is 6.63. The fraction of sp³-hybridized carbons (Fsp3) is 0.667. The zero-order chi connectivity index (χ0) is 9.10. The summed E-state index contributed by atoms with van der Waals surface area (Å²) in [6.07, 6.45) is 4.48. The molecule has 1 aromatic heterocycles. The molecule has 2 rings (SSSR count). The third kappa shape index (κ3) is 2.19. The zero-order valence-electron chi connectivity index (χ0n) is 7.86. The minimum absolute atomic E-state index is 0.661. The first-order valence-electron chi connectivity index (χ1n) is 4.70. The Bertz CT molecular complexity index is 241. The lowest BCUT2D eigenvalue weighted by molar-refractivity contribution is 0.599. The van der Waals surface area contributed by atoms with E-state index in [1.807, 2.05) is 11.6 Å². The van der Waals surface area contributed by atoms with Crippen molar-refractivity contribution in [2.45, 2.75) is 18.9 Å². The van der Waals surface area contributed by atoms with Crippen LogP contribution >= 0.6 is 11.3 Å². The maximum atomic E-state index is 4.27. The summed E-state index contributed by atoms with van der Waals surface area (Å²) in [7, 11) is 2.11. The minimum Gasteiger partial charge on any atom is -0.350 e. The van der Waals surface area contributed by atoms with Crippen molar-refractivity contribution in [1.82, 2.24) is 10.3 Å². The molecule has 1 atom stereocenters. The van der Waals surface area contributed by atoms with E-state index in [-0.39, 0.29) is 0 Å². The lowest BCUT2D eigenvalue weighted by Gasteiger charge is -2.20. The molecule has 1 aliphatic heterocycles. The summed E-state index contributed by atoms with van der Waals surface area (Å²) in [5.74, 6) is 0. The highest BCUT2D eigenvalue weighted by Crippen LogP contribution is 2.17. The summed E-state index contributed by atoms with van der Waals surface area (Å²) in [4.78, 5) is 6.50. The molecule has 0 amide bonds. The molecule has 0 saturated carbocycles. The number of likely N-dealkylation sites (N-methyl/N-ethyl adjacent to an activating group) is 1. The van der Waals surface area contributed by atoms with Crippen LogP contribution < -0.4 is 10.2 Å². The van der Waals surface area contributed by atoms with Gasteiger partial charge in [0.25, 0.3) is 0 Å². The van der Waals surface area contributed by atoms with Crippen molar-refractivity contribution in [3.05, 3.63) is 11.6 Å². The molecule has 0 aromatic carbocycles. The van der Waals surface area contributed by atoms with Gasteiger partial charge in [-0.25, -0.2) is 4.98 Å². The van der Waals surface area contributed by atoms with E-state index in [2.05, 4.69) is 22.2 Å². The van der Waals surface area contributed by atoms with Gasteiger partial charge in [-0.05, 0) is 19.4 Å². The number of nitrogens with zero attached hydrogens (tertiary/aromatic N) is 2. The first-order chi connectivity index (χ1) is 6.36. The normalized spacial score (nSPS) is 22.1. The smallest absolute Gasteiger partial charge is 0.185 e. The molecule has 1 N–H and O–H groups in total. The van der Waals surface area contributed by atoms with E-state index in [9.17, 15) is 0 Å². The average Bonchev–Trinajstić information content (AvgIpc) is 2.74. The van der Waals surface area contributed by atoms with Crippen LogP contribution in [-0.4, -0.2) is 31.2 Å². The molecule has 72 valence electrons. The Morgan fingerprint density at radius 3 is 3.31 bits per heavy atom. The van der Waals surface area contributed by atoms with E-state index in [1.165, 1.54) is 19.4 Å². The number of hydrogen-bond acceptors (Lipinski definition) is 4. The maximum absolute atomic E-state index is 4.27. The van der Waals surface area contributed by atoms with Crippen LogP contribution in [0.2, 0.25) is 0 Å². The van der Waals surface area contributed by atoms with Gasteiger partial charge < -0.3 is 10.2 Å². The van der Waals surface area contributed by atoms with Crippen molar-refractivity contribution >= 4 is 16.5 Å². The van der Waals surface area contributed by atoms with Crippen molar-refractivity contribution in [3.63, 3.8) is 0 Å². The molecular formula is C9H15N3S. The number of nitrogens with one attached hydrogen (secondary N) is 1. The monoisotopic (exact) mass is 197 g/mol. The highest BCUT2D eigenvalue weighted by Gasteiger charge is 2.16. The van der Waals surface area contributed by atoms with Gasteiger partial charge in [0, 0.05) is 31.2 Å². The van der Waals surface area contributed by atoms with Crippen LogP contribution in [0.1, 0.15) is 12.8 Å². The fourth-order valence-corrected chi connectivity index (χ4v) is 2.35. The highest BCUT2D eigenvalue weighted by molar-refractivity contribution is 7.13. The molecule has 0 radical (unpaired) electrons. The highest BCUT2D eigenvalue weighted by atomic mass is 32.1. The van der Waals surface area contributed by atoms with Crippen LogP contribution in [-0.2, 0) is 0 Å². The second-order valence-electron chi connectivity index (χ2n) is 3.49. The Balaban J connectivity index is 1.87. The average molecular weight is 197 g/mol. The van der Waals surface area contributed by atoms with Crippen molar-refractivity contribution in [1.29, 1.82) is 0 Å². The van der Waals surface area contributed by atoms with Gasteiger partial charge in [-0.3, -0.25) is 0 Å². The summed E-state index contributed by atoms with van der Waals surface area (Å²) in [6.45, 7) is 2.25. The van der Waals surface area contributed by atoms with Gasteiger partial charge in [0.1, 0.15) is 0 Å². The molecule has 0 unspecified atom stereocenters.